The van der Waals surface area contributed by atoms with Crippen molar-refractivity contribution in [3.05, 3.63) is 0 Å². The topological polar surface area (TPSA) is 34.0 Å². The smallest absolute Gasteiger partial charge is 0.182 e. The molecule has 0 aromatic carbocycles. The Bertz CT molecular complexity index is 190. The molecule has 2 atom stereocenters. The van der Waals surface area contributed by atoms with Crippen LogP contribution in [0, 0.1) is 11.8 Å². The second kappa shape index (κ2) is 6.81. The molecule has 0 amide bonds. The lowest BCUT2D eigenvalue weighted by Gasteiger charge is -2.01. The third kappa shape index (κ3) is 4.09. The van der Waals surface area contributed by atoms with Crippen molar-refractivity contribution in [2.45, 2.75) is 46.6 Å². The zero-order chi connectivity index (χ0) is 9.40. The molecule has 1 rings (SSSR count). The molecule has 0 bridgehead atoms. The summed E-state index contributed by atoms with van der Waals surface area (Å²) in [5.41, 5.74) is 0. The van der Waals surface area contributed by atoms with Crippen LogP contribution in [-0.4, -0.2) is 12.5 Å². The Labute approximate surface area is 74.2 Å². The monoisotopic (exact) mass is 168 g/mol. The molecule has 12 heavy (non-hydrogen) atoms. The number of azo groups is 1. The normalized spacial score (nSPS) is 25.3. The van der Waals surface area contributed by atoms with Gasteiger partial charge in [0, 0.05) is 0 Å². The maximum atomic E-state index is 5.23. The summed E-state index contributed by atoms with van der Waals surface area (Å²) < 4.78 is 5.23. The second-order valence-electron chi connectivity index (χ2n) is 2.05. The van der Waals surface area contributed by atoms with Gasteiger partial charge in [0.05, 0.1) is 6.42 Å². The first-order valence-electron chi connectivity index (χ1n) is 4.28. The van der Waals surface area contributed by atoms with Gasteiger partial charge in [-0.3, -0.25) is 0 Å². The van der Waals surface area contributed by atoms with E-state index in [1.807, 2.05) is 20.8 Å². The minimum absolute atomic E-state index is 0.0799. The average Bonchev–Trinajstić information content (AvgIpc) is 2.51. The van der Waals surface area contributed by atoms with Crippen LogP contribution < -0.4 is 0 Å². The van der Waals surface area contributed by atoms with Crippen molar-refractivity contribution >= 4 is 0 Å². The Morgan fingerprint density at radius 3 is 2.42 bits per heavy atom. The van der Waals surface area contributed by atoms with Crippen LogP contribution in [0.1, 0.15) is 34.1 Å². The maximum absolute atomic E-state index is 5.23. The van der Waals surface area contributed by atoms with Crippen LogP contribution >= 0.6 is 0 Å². The largest absolute Gasteiger partial charge is 0.327 e. The lowest BCUT2D eigenvalue weighted by atomic mass is 10.4. The molecule has 0 spiro atoms. The van der Waals surface area contributed by atoms with Gasteiger partial charge >= 0.3 is 0 Å². The van der Waals surface area contributed by atoms with Crippen LogP contribution in [0.15, 0.2) is 10.2 Å². The lowest BCUT2D eigenvalue weighted by molar-refractivity contribution is 0.0483. The molecule has 0 aliphatic carbocycles. The zero-order valence-electron chi connectivity index (χ0n) is 8.16. The number of rotatable bonds is 1. The highest BCUT2D eigenvalue weighted by atomic mass is 16.5. The standard InChI is InChI=1S/C7H10N2O.C2H6/c1-3-4-5-7-9-8-6(2)10-7;1-2/h6-7H,5H2,1-2H3;1-2H3. The first kappa shape index (κ1) is 11.1. The van der Waals surface area contributed by atoms with E-state index in [2.05, 4.69) is 22.1 Å². The van der Waals surface area contributed by atoms with Gasteiger partial charge in [-0.25, -0.2) is 0 Å². The summed E-state index contributed by atoms with van der Waals surface area (Å²) in [4.78, 5) is 0. The molecule has 0 N–H and O–H groups in total. The molecular formula is C9H16N2O. The first-order valence-corrected chi connectivity index (χ1v) is 4.28. The highest BCUT2D eigenvalue weighted by molar-refractivity contribution is 4.96. The quantitative estimate of drug-likeness (QED) is 0.554. The molecule has 0 aromatic rings. The molecule has 1 heterocycles. The predicted molar refractivity (Wildman–Crippen MR) is 48.6 cm³/mol. The third-order valence-electron chi connectivity index (χ3n) is 1.17. The average molecular weight is 168 g/mol. The molecule has 3 heteroatoms. The predicted octanol–water partition coefficient (Wildman–Crippen LogP) is 2.58. The van der Waals surface area contributed by atoms with Gasteiger partial charge in [0.1, 0.15) is 0 Å². The zero-order valence-corrected chi connectivity index (χ0v) is 8.16. The van der Waals surface area contributed by atoms with Gasteiger partial charge in [0.2, 0.25) is 0 Å². The van der Waals surface area contributed by atoms with Gasteiger partial charge in [-0.2, -0.15) is 10.2 Å². The van der Waals surface area contributed by atoms with Crippen molar-refractivity contribution in [2.75, 3.05) is 0 Å². The minimum atomic E-state index is -0.123. The third-order valence-corrected chi connectivity index (χ3v) is 1.17. The van der Waals surface area contributed by atoms with E-state index < -0.39 is 0 Å². The van der Waals surface area contributed by atoms with E-state index in [9.17, 15) is 0 Å². The van der Waals surface area contributed by atoms with E-state index in [0.29, 0.717) is 6.42 Å². The second-order valence-corrected chi connectivity index (χ2v) is 2.05. The molecular weight excluding hydrogens is 152 g/mol. The molecule has 0 saturated carbocycles. The van der Waals surface area contributed by atoms with E-state index in [0.717, 1.165) is 0 Å². The molecule has 68 valence electrons. The Hall–Kier alpha value is -0.880. The summed E-state index contributed by atoms with van der Waals surface area (Å²) >= 11 is 0. The molecule has 0 saturated heterocycles. The van der Waals surface area contributed by atoms with Crippen molar-refractivity contribution in [3.63, 3.8) is 0 Å². The summed E-state index contributed by atoms with van der Waals surface area (Å²) in [7, 11) is 0. The molecule has 2 unspecified atom stereocenters. The Morgan fingerprint density at radius 1 is 1.33 bits per heavy atom. The van der Waals surface area contributed by atoms with Gasteiger partial charge in [-0.1, -0.05) is 19.8 Å². The van der Waals surface area contributed by atoms with E-state index in [-0.39, 0.29) is 12.5 Å². The van der Waals surface area contributed by atoms with Gasteiger partial charge in [0.25, 0.3) is 0 Å². The van der Waals surface area contributed by atoms with Crippen LogP contribution in [0.25, 0.3) is 0 Å². The number of ether oxygens (including phenoxy) is 1. The summed E-state index contributed by atoms with van der Waals surface area (Å²) in [5, 5.41) is 7.66. The number of hydrogen-bond acceptors (Lipinski definition) is 3. The van der Waals surface area contributed by atoms with Gasteiger partial charge in [-0.05, 0) is 13.8 Å². The van der Waals surface area contributed by atoms with Gasteiger partial charge in [-0.15, -0.1) is 5.92 Å². The van der Waals surface area contributed by atoms with E-state index in [1.165, 1.54) is 0 Å². The first-order chi connectivity index (χ1) is 5.83. The van der Waals surface area contributed by atoms with Crippen LogP contribution in [0.2, 0.25) is 0 Å². The summed E-state index contributed by atoms with van der Waals surface area (Å²) in [6, 6.07) is 0. The maximum Gasteiger partial charge on any atom is 0.182 e. The Balaban J connectivity index is 0.000000561. The summed E-state index contributed by atoms with van der Waals surface area (Å²) in [6.07, 6.45) is 0.454. The molecule has 1 aliphatic rings. The Kier molecular flexibility index (Phi) is 6.31. The van der Waals surface area contributed by atoms with Gasteiger partial charge in [0.15, 0.2) is 12.5 Å². The van der Waals surface area contributed by atoms with E-state index >= 15 is 0 Å². The van der Waals surface area contributed by atoms with Crippen molar-refractivity contribution in [2.24, 2.45) is 10.2 Å². The van der Waals surface area contributed by atoms with Crippen LogP contribution in [0.5, 0.6) is 0 Å². The van der Waals surface area contributed by atoms with Crippen LogP contribution in [-0.2, 0) is 4.74 Å². The fraction of sp³-hybridized carbons (Fsp3) is 0.778. The molecule has 0 fully saturated rings. The van der Waals surface area contributed by atoms with Crippen molar-refractivity contribution < 1.29 is 4.74 Å². The summed E-state index contributed by atoms with van der Waals surface area (Å²) in [5.74, 6) is 5.66. The lowest BCUT2D eigenvalue weighted by Crippen LogP contribution is -2.07. The fourth-order valence-corrected chi connectivity index (χ4v) is 0.728. The van der Waals surface area contributed by atoms with E-state index in [1.54, 1.807) is 6.92 Å². The number of nitrogens with zero attached hydrogens (tertiary/aromatic N) is 2. The summed E-state index contributed by atoms with van der Waals surface area (Å²) in [6.45, 7) is 7.67. The SMILES string of the molecule is CC.CC#CCC1N=NC(C)O1. The minimum Gasteiger partial charge on any atom is -0.327 e. The molecule has 0 radical (unpaired) electrons. The molecule has 3 nitrogen and oxygen atoms in total. The van der Waals surface area contributed by atoms with Crippen LogP contribution in [0.3, 0.4) is 0 Å². The van der Waals surface area contributed by atoms with Gasteiger partial charge < -0.3 is 4.74 Å². The number of hydrogen-bond donors (Lipinski definition) is 0. The van der Waals surface area contributed by atoms with Crippen molar-refractivity contribution in [1.82, 2.24) is 0 Å². The van der Waals surface area contributed by atoms with Crippen molar-refractivity contribution in [1.29, 1.82) is 0 Å². The Morgan fingerprint density at radius 2 is 2.00 bits per heavy atom. The van der Waals surface area contributed by atoms with E-state index in [4.69, 9.17) is 4.74 Å². The van der Waals surface area contributed by atoms with Crippen molar-refractivity contribution in [3.8, 4) is 11.8 Å². The molecule has 0 aromatic heterocycles. The molecule has 1 aliphatic heterocycles. The highest BCUT2D eigenvalue weighted by Crippen LogP contribution is 2.13. The highest BCUT2D eigenvalue weighted by Gasteiger charge is 2.16. The van der Waals surface area contributed by atoms with Crippen LogP contribution in [0.4, 0.5) is 0 Å². The fourth-order valence-electron chi connectivity index (χ4n) is 0.728.